The van der Waals surface area contributed by atoms with E-state index >= 15 is 0 Å². The van der Waals surface area contributed by atoms with Gasteiger partial charge in [0.1, 0.15) is 24.3 Å². The number of rotatable bonds is 17. The topological polar surface area (TPSA) is 175 Å². The zero-order chi connectivity index (χ0) is 34.6. The van der Waals surface area contributed by atoms with Crippen molar-refractivity contribution in [3.8, 4) is 0 Å². The summed E-state index contributed by atoms with van der Waals surface area (Å²) in [4.78, 5) is 52.4. The maximum absolute atomic E-state index is 13.7. The number of benzene rings is 2. The number of amides is 4. The van der Waals surface area contributed by atoms with Crippen LogP contribution in [0.25, 0.3) is 0 Å². The van der Waals surface area contributed by atoms with Gasteiger partial charge in [-0.2, -0.15) is 0 Å². The van der Waals surface area contributed by atoms with Gasteiger partial charge in [0.25, 0.3) is 11.8 Å². The van der Waals surface area contributed by atoms with Crippen molar-refractivity contribution in [2.24, 2.45) is 11.8 Å². The molecule has 0 radical (unpaired) electrons. The number of aliphatic hydroxyl groups excluding tert-OH is 2. The van der Waals surface area contributed by atoms with Crippen LogP contribution >= 0.6 is 0 Å². The molecule has 0 heterocycles. The average molecular weight is 643 g/mol. The number of ether oxygens (including phenoxy) is 2. The van der Waals surface area contributed by atoms with Crippen molar-refractivity contribution in [1.82, 2.24) is 21.3 Å². The molecule has 0 saturated heterocycles. The van der Waals surface area contributed by atoms with Crippen molar-refractivity contribution in [3.63, 3.8) is 0 Å². The van der Waals surface area contributed by atoms with Crippen molar-refractivity contribution in [2.45, 2.75) is 91.3 Å². The van der Waals surface area contributed by atoms with E-state index in [0.29, 0.717) is 0 Å². The fourth-order valence-corrected chi connectivity index (χ4v) is 4.77. The van der Waals surface area contributed by atoms with E-state index in [1.165, 1.54) is 14.1 Å². The Hall–Kier alpha value is -3.84. The quantitative estimate of drug-likeness (QED) is 0.150. The number of hydrogen-bond donors (Lipinski definition) is 6. The Labute approximate surface area is 271 Å². The minimum absolute atomic E-state index is 0.117. The molecule has 0 fully saturated rings. The first-order chi connectivity index (χ1) is 21.7. The van der Waals surface area contributed by atoms with Gasteiger partial charge in [-0.05, 0) is 47.9 Å². The third-order valence-electron chi connectivity index (χ3n) is 7.83. The van der Waals surface area contributed by atoms with Gasteiger partial charge >= 0.3 is 0 Å². The maximum Gasteiger partial charge on any atom is 0.252 e. The average Bonchev–Trinajstić information content (AvgIpc) is 3.02. The summed E-state index contributed by atoms with van der Waals surface area (Å²) in [6.45, 7) is 10.4. The van der Waals surface area contributed by atoms with Crippen LogP contribution in [0.1, 0.15) is 49.9 Å². The van der Waals surface area contributed by atoms with E-state index in [1.807, 2.05) is 38.1 Å². The van der Waals surface area contributed by atoms with E-state index in [4.69, 9.17) is 9.47 Å². The normalized spacial score (nSPS) is 15.3. The monoisotopic (exact) mass is 642 g/mol. The molecule has 0 aromatic heterocycles. The zero-order valence-electron chi connectivity index (χ0n) is 28.0. The summed E-state index contributed by atoms with van der Waals surface area (Å²) in [5.74, 6) is -3.29. The zero-order valence-corrected chi connectivity index (χ0v) is 28.0. The van der Waals surface area contributed by atoms with E-state index in [1.54, 1.807) is 52.0 Å². The minimum Gasteiger partial charge on any atom is -0.387 e. The first kappa shape index (κ1) is 38.3. The summed E-state index contributed by atoms with van der Waals surface area (Å²) in [6.07, 6.45) is -7.44. The molecule has 0 aliphatic rings. The van der Waals surface area contributed by atoms with Crippen molar-refractivity contribution in [2.75, 3.05) is 14.1 Å². The highest BCUT2D eigenvalue weighted by Gasteiger charge is 2.42. The Bertz CT molecular complexity index is 1220. The van der Waals surface area contributed by atoms with Gasteiger partial charge in [-0.15, -0.1) is 0 Å². The number of aryl methyl sites for hydroxylation is 2. The lowest BCUT2D eigenvalue weighted by Crippen LogP contribution is -2.60. The van der Waals surface area contributed by atoms with E-state index in [2.05, 4.69) is 21.3 Å². The van der Waals surface area contributed by atoms with Crippen molar-refractivity contribution in [1.29, 1.82) is 0 Å². The summed E-state index contributed by atoms with van der Waals surface area (Å²) < 4.78 is 11.9. The lowest BCUT2D eigenvalue weighted by Gasteiger charge is -2.33. The molecule has 0 spiro atoms. The lowest BCUT2D eigenvalue weighted by molar-refractivity contribution is -0.171. The van der Waals surface area contributed by atoms with E-state index in [9.17, 15) is 29.4 Å². The third kappa shape index (κ3) is 10.6. The third-order valence-corrected chi connectivity index (χ3v) is 7.83. The molecule has 6 N–H and O–H groups in total. The smallest absolute Gasteiger partial charge is 0.252 e. The second-order valence-electron chi connectivity index (χ2n) is 12.0. The van der Waals surface area contributed by atoms with Crippen molar-refractivity contribution >= 4 is 23.6 Å². The molecular formula is C34H50N4O8. The Morgan fingerprint density at radius 3 is 1.22 bits per heavy atom. The lowest BCUT2D eigenvalue weighted by atomic mass is 9.98. The SMILES string of the molecule is CNC(=O)C(NC(=O)[C@H](OCc1ccccc1C)[C@H](O)[C@@H](O)[C@@H](OCc1ccccc1C)C(=O)N[C@H](C(=O)NC)C(C)C)C(C)C. The molecule has 0 aliphatic carbocycles. The number of carbonyl (C=O) groups is 4. The van der Waals surface area contributed by atoms with Crippen LogP contribution in [0.4, 0.5) is 0 Å². The van der Waals surface area contributed by atoms with Crippen molar-refractivity contribution in [3.05, 3.63) is 70.8 Å². The van der Waals surface area contributed by atoms with Crippen LogP contribution in [0.2, 0.25) is 0 Å². The minimum atomic E-state index is -1.99. The molecule has 2 rings (SSSR count). The van der Waals surface area contributed by atoms with Gasteiger partial charge < -0.3 is 41.0 Å². The largest absolute Gasteiger partial charge is 0.387 e. The second-order valence-corrected chi connectivity index (χ2v) is 12.0. The second kappa shape index (κ2) is 18.3. The van der Waals surface area contributed by atoms with E-state index in [-0.39, 0.29) is 25.0 Å². The van der Waals surface area contributed by atoms with Crippen LogP contribution in [0.5, 0.6) is 0 Å². The van der Waals surface area contributed by atoms with Crippen molar-refractivity contribution < 1.29 is 38.9 Å². The van der Waals surface area contributed by atoms with Gasteiger partial charge in [-0.3, -0.25) is 19.2 Å². The molecule has 46 heavy (non-hydrogen) atoms. The van der Waals surface area contributed by atoms with E-state index in [0.717, 1.165) is 22.3 Å². The summed E-state index contributed by atoms with van der Waals surface area (Å²) in [5, 5.41) is 33.3. The number of hydrogen-bond acceptors (Lipinski definition) is 8. The molecule has 0 aliphatic heterocycles. The highest BCUT2D eigenvalue weighted by Crippen LogP contribution is 2.19. The number of nitrogens with one attached hydrogen (secondary N) is 4. The molecule has 12 heteroatoms. The maximum atomic E-state index is 13.7. The van der Waals surface area contributed by atoms with E-state index < -0.39 is 60.1 Å². The van der Waals surface area contributed by atoms with Gasteiger partial charge in [0.2, 0.25) is 11.8 Å². The molecular weight excluding hydrogens is 592 g/mol. The van der Waals surface area contributed by atoms with Crippen LogP contribution in [-0.4, -0.2) is 84.4 Å². The first-order valence-corrected chi connectivity index (χ1v) is 15.5. The standard InChI is InChI=1S/C34H50N4O8/c1-19(2)25(31(41)35-7)37-33(43)29(45-17-23-15-11-9-13-21(23)5)27(39)28(40)30(46-18-24-16-12-10-14-22(24)6)34(44)38-26(20(3)4)32(42)36-8/h9-16,19-20,25-30,39-40H,17-18H2,1-8H3,(H,35,41)(H,36,42)(H,37,43)(H,38,44)/t25-,26?,27+,28+,29+,30+/m0/s1. The summed E-state index contributed by atoms with van der Waals surface area (Å²) in [6, 6.07) is 12.6. The first-order valence-electron chi connectivity index (χ1n) is 15.5. The summed E-state index contributed by atoms with van der Waals surface area (Å²) >= 11 is 0. The van der Waals surface area contributed by atoms with Gasteiger partial charge in [0, 0.05) is 14.1 Å². The summed E-state index contributed by atoms with van der Waals surface area (Å²) in [5.41, 5.74) is 3.19. The Morgan fingerprint density at radius 2 is 0.935 bits per heavy atom. The van der Waals surface area contributed by atoms with Crippen LogP contribution in [-0.2, 0) is 41.9 Å². The molecule has 12 nitrogen and oxygen atoms in total. The van der Waals surface area contributed by atoms with Gasteiger partial charge in [0.05, 0.1) is 13.2 Å². The molecule has 0 bridgehead atoms. The molecule has 2 aromatic rings. The van der Waals surface area contributed by atoms with Crippen LogP contribution < -0.4 is 21.3 Å². The molecule has 6 atom stereocenters. The Balaban J connectivity index is 2.48. The van der Waals surface area contributed by atoms with Gasteiger partial charge in [0.15, 0.2) is 12.2 Å². The fourth-order valence-electron chi connectivity index (χ4n) is 4.77. The molecule has 0 saturated carbocycles. The Morgan fingerprint density at radius 1 is 0.609 bits per heavy atom. The highest BCUT2D eigenvalue weighted by atomic mass is 16.5. The molecule has 1 unspecified atom stereocenters. The predicted molar refractivity (Wildman–Crippen MR) is 173 cm³/mol. The number of aliphatic hydroxyl groups is 2. The molecule has 4 amide bonds. The van der Waals surface area contributed by atoms with Crippen LogP contribution in [0.3, 0.4) is 0 Å². The molecule has 2 aromatic carbocycles. The number of carbonyl (C=O) groups excluding carboxylic acids is 4. The van der Waals surface area contributed by atoms with Gasteiger partial charge in [-0.25, -0.2) is 0 Å². The summed E-state index contributed by atoms with van der Waals surface area (Å²) in [7, 11) is 2.87. The fraction of sp³-hybridized carbons (Fsp3) is 0.529. The van der Waals surface area contributed by atoms with Gasteiger partial charge in [-0.1, -0.05) is 76.2 Å². The highest BCUT2D eigenvalue weighted by molar-refractivity contribution is 5.91. The Kier molecular flexibility index (Phi) is 15.3. The molecule has 254 valence electrons. The predicted octanol–water partition coefficient (Wildman–Crippen LogP) is 1.27. The number of likely N-dealkylation sites (N-methyl/N-ethyl adjacent to an activating group) is 2. The van der Waals surface area contributed by atoms with Crippen LogP contribution in [0.15, 0.2) is 48.5 Å². The van der Waals surface area contributed by atoms with Crippen LogP contribution in [0, 0.1) is 25.7 Å².